The van der Waals surface area contributed by atoms with Crippen LogP contribution in [0.5, 0.6) is 0 Å². The monoisotopic (exact) mass is 242 g/mol. The van der Waals surface area contributed by atoms with Crippen LogP contribution in [0, 0.1) is 0 Å². The quantitative estimate of drug-likeness (QED) is 0.844. The molecule has 1 aromatic heterocycles. The van der Waals surface area contributed by atoms with Gasteiger partial charge in [-0.05, 0) is 17.7 Å². The molecule has 0 aliphatic heterocycles. The summed E-state index contributed by atoms with van der Waals surface area (Å²) in [7, 11) is 0. The summed E-state index contributed by atoms with van der Waals surface area (Å²) in [4.78, 5) is 0. The van der Waals surface area contributed by atoms with Crippen LogP contribution in [0.25, 0.3) is 0 Å². The molecule has 1 atom stereocenters. The van der Waals surface area contributed by atoms with Gasteiger partial charge in [-0.2, -0.15) is 28.6 Å². The number of nitrogens with zero attached hydrogens (tertiary/aromatic N) is 2. The maximum absolute atomic E-state index is 12.3. The first-order valence-corrected chi connectivity index (χ1v) is 4.77. The highest BCUT2D eigenvalue weighted by atomic mass is 19.4. The molecule has 0 fully saturated rings. The maximum atomic E-state index is 12.3. The molecule has 4 nitrogen and oxygen atoms in total. The summed E-state index contributed by atoms with van der Waals surface area (Å²) in [6.07, 6.45) is -2.90. The van der Waals surface area contributed by atoms with Crippen LogP contribution in [0.3, 0.4) is 0 Å². The van der Waals surface area contributed by atoms with E-state index in [4.69, 9.17) is 5.73 Å². The number of aromatic nitrogens is 3. The van der Waals surface area contributed by atoms with Crippen LogP contribution in [-0.2, 0) is 6.18 Å². The Balaban J connectivity index is 2.24. The molecule has 1 heterocycles. The van der Waals surface area contributed by atoms with E-state index in [9.17, 15) is 13.2 Å². The Labute approximate surface area is 94.6 Å². The number of rotatable bonds is 2. The van der Waals surface area contributed by atoms with Gasteiger partial charge in [-0.1, -0.05) is 12.1 Å². The van der Waals surface area contributed by atoms with Crippen molar-refractivity contribution >= 4 is 0 Å². The number of halogens is 3. The molecule has 0 spiro atoms. The van der Waals surface area contributed by atoms with E-state index in [0.717, 1.165) is 12.1 Å². The van der Waals surface area contributed by atoms with Crippen LogP contribution >= 0.6 is 0 Å². The number of benzene rings is 1. The smallest absolute Gasteiger partial charge is 0.319 e. The highest BCUT2D eigenvalue weighted by molar-refractivity contribution is 5.30. The lowest BCUT2D eigenvalue weighted by molar-refractivity contribution is -0.137. The van der Waals surface area contributed by atoms with E-state index in [0.29, 0.717) is 11.3 Å². The van der Waals surface area contributed by atoms with E-state index in [1.165, 1.54) is 18.3 Å². The normalized spacial score (nSPS) is 13.6. The molecule has 0 aliphatic carbocycles. The lowest BCUT2D eigenvalue weighted by Gasteiger charge is -2.11. The van der Waals surface area contributed by atoms with Crippen LogP contribution in [0.1, 0.15) is 22.9 Å². The van der Waals surface area contributed by atoms with Crippen molar-refractivity contribution in [2.24, 2.45) is 5.73 Å². The third-order valence-corrected chi connectivity index (χ3v) is 2.35. The van der Waals surface area contributed by atoms with Crippen molar-refractivity contribution in [2.75, 3.05) is 0 Å². The molecule has 17 heavy (non-hydrogen) atoms. The Hall–Kier alpha value is -1.89. The second-order valence-electron chi connectivity index (χ2n) is 3.49. The van der Waals surface area contributed by atoms with E-state index in [1.807, 2.05) is 0 Å². The Morgan fingerprint density at radius 3 is 2.29 bits per heavy atom. The molecule has 1 aromatic carbocycles. The molecule has 0 saturated heterocycles. The molecule has 2 rings (SSSR count). The second kappa shape index (κ2) is 4.17. The topological polar surface area (TPSA) is 67.6 Å². The minimum atomic E-state index is -4.34. The average molecular weight is 242 g/mol. The zero-order valence-corrected chi connectivity index (χ0v) is 8.57. The number of H-pyrrole nitrogens is 1. The van der Waals surface area contributed by atoms with Crippen LogP contribution in [0.4, 0.5) is 13.2 Å². The van der Waals surface area contributed by atoms with Crippen molar-refractivity contribution in [1.29, 1.82) is 0 Å². The van der Waals surface area contributed by atoms with Crippen LogP contribution in [-0.4, -0.2) is 15.4 Å². The first kappa shape index (κ1) is 11.6. The molecule has 0 bridgehead atoms. The van der Waals surface area contributed by atoms with Gasteiger partial charge >= 0.3 is 6.18 Å². The lowest BCUT2D eigenvalue weighted by Crippen LogP contribution is -2.13. The highest BCUT2D eigenvalue weighted by Gasteiger charge is 2.30. The molecule has 7 heteroatoms. The molecule has 3 N–H and O–H groups in total. The number of hydrogen-bond acceptors (Lipinski definition) is 3. The minimum absolute atomic E-state index is 0.477. The summed E-state index contributed by atoms with van der Waals surface area (Å²) >= 11 is 0. The fourth-order valence-corrected chi connectivity index (χ4v) is 1.41. The van der Waals surface area contributed by atoms with Crippen LogP contribution in [0.2, 0.25) is 0 Å². The van der Waals surface area contributed by atoms with Gasteiger partial charge in [0, 0.05) is 0 Å². The molecule has 90 valence electrons. The van der Waals surface area contributed by atoms with Gasteiger partial charge in [0.15, 0.2) is 0 Å². The van der Waals surface area contributed by atoms with Gasteiger partial charge < -0.3 is 5.73 Å². The summed E-state index contributed by atoms with van der Waals surface area (Å²) in [5.41, 5.74) is 6.14. The number of alkyl halides is 3. The lowest BCUT2D eigenvalue weighted by atomic mass is 10.0. The number of aromatic amines is 1. The standard InChI is InChI=1S/C10H9F3N4/c11-10(12,13)7-3-1-6(2-4-7)9(14)8-5-15-17-16-8/h1-5,9H,14H2,(H,15,16,17). The minimum Gasteiger partial charge on any atom is -0.319 e. The van der Waals surface area contributed by atoms with Gasteiger partial charge in [0.2, 0.25) is 0 Å². The van der Waals surface area contributed by atoms with E-state index in [1.54, 1.807) is 0 Å². The molecule has 0 aliphatic rings. The Kier molecular flexibility index (Phi) is 2.84. The fourth-order valence-electron chi connectivity index (χ4n) is 1.41. The Morgan fingerprint density at radius 1 is 1.18 bits per heavy atom. The van der Waals surface area contributed by atoms with Crippen molar-refractivity contribution in [3.8, 4) is 0 Å². The zero-order valence-electron chi connectivity index (χ0n) is 8.57. The summed E-state index contributed by atoms with van der Waals surface area (Å²) in [6.45, 7) is 0. The van der Waals surface area contributed by atoms with Gasteiger partial charge in [0.25, 0.3) is 0 Å². The summed E-state index contributed by atoms with van der Waals surface area (Å²) in [6, 6.07) is 4.07. The molecular weight excluding hydrogens is 233 g/mol. The van der Waals surface area contributed by atoms with Crippen LogP contribution in [0.15, 0.2) is 30.5 Å². The molecule has 0 amide bonds. The van der Waals surface area contributed by atoms with Crippen molar-refractivity contribution in [2.45, 2.75) is 12.2 Å². The van der Waals surface area contributed by atoms with Gasteiger partial charge in [-0.3, -0.25) is 0 Å². The second-order valence-corrected chi connectivity index (χ2v) is 3.49. The van der Waals surface area contributed by atoms with Gasteiger partial charge in [0.1, 0.15) is 5.69 Å². The third-order valence-electron chi connectivity index (χ3n) is 2.35. The van der Waals surface area contributed by atoms with Gasteiger partial charge in [-0.25, -0.2) is 0 Å². The van der Waals surface area contributed by atoms with E-state index < -0.39 is 17.8 Å². The van der Waals surface area contributed by atoms with Gasteiger partial charge in [0.05, 0.1) is 17.8 Å². The SMILES string of the molecule is NC(c1ccc(C(F)(F)F)cc1)c1cn[nH]n1. The molecule has 2 aromatic rings. The summed E-state index contributed by atoms with van der Waals surface area (Å²) < 4.78 is 37.0. The summed E-state index contributed by atoms with van der Waals surface area (Å²) in [5.74, 6) is 0. The average Bonchev–Trinajstić information content (AvgIpc) is 2.80. The first-order valence-electron chi connectivity index (χ1n) is 4.77. The van der Waals surface area contributed by atoms with Gasteiger partial charge in [-0.15, -0.1) is 0 Å². The van der Waals surface area contributed by atoms with Crippen molar-refractivity contribution < 1.29 is 13.2 Å². The van der Waals surface area contributed by atoms with E-state index in [2.05, 4.69) is 15.4 Å². The van der Waals surface area contributed by atoms with Crippen molar-refractivity contribution in [3.63, 3.8) is 0 Å². The maximum Gasteiger partial charge on any atom is 0.416 e. The van der Waals surface area contributed by atoms with Crippen molar-refractivity contribution in [1.82, 2.24) is 15.4 Å². The summed E-state index contributed by atoms with van der Waals surface area (Å²) in [5, 5.41) is 9.77. The Bertz CT molecular complexity index is 475. The van der Waals surface area contributed by atoms with E-state index in [-0.39, 0.29) is 0 Å². The molecule has 0 radical (unpaired) electrons. The van der Waals surface area contributed by atoms with E-state index >= 15 is 0 Å². The molecule has 0 saturated carbocycles. The van der Waals surface area contributed by atoms with Crippen molar-refractivity contribution in [3.05, 3.63) is 47.3 Å². The predicted molar refractivity (Wildman–Crippen MR) is 53.9 cm³/mol. The highest BCUT2D eigenvalue weighted by Crippen LogP contribution is 2.30. The fraction of sp³-hybridized carbons (Fsp3) is 0.200. The predicted octanol–water partition coefficient (Wildman–Crippen LogP) is 1.87. The zero-order chi connectivity index (χ0) is 12.5. The van der Waals surface area contributed by atoms with Crippen LogP contribution < -0.4 is 5.73 Å². The number of nitrogens with one attached hydrogen (secondary N) is 1. The Morgan fingerprint density at radius 2 is 1.82 bits per heavy atom. The number of nitrogens with two attached hydrogens (primary N) is 1. The molecule has 1 unspecified atom stereocenters. The third kappa shape index (κ3) is 2.44. The molecular formula is C10H9F3N4. The largest absolute Gasteiger partial charge is 0.416 e. The number of hydrogen-bond donors (Lipinski definition) is 2. The first-order chi connectivity index (χ1) is 7.98.